The Hall–Kier alpha value is -2.56. The first-order valence-corrected chi connectivity index (χ1v) is 6.41. The predicted octanol–water partition coefficient (Wildman–Crippen LogP) is 3.03. The lowest BCUT2D eigenvalue weighted by molar-refractivity contribution is 0.637. The number of fused-ring (bicyclic) bond motifs is 1. The molecule has 0 saturated heterocycles. The molecule has 4 N–H and O–H groups in total. The molecule has 5 heteroatoms. The van der Waals surface area contributed by atoms with E-state index in [4.69, 9.17) is 11.5 Å². The van der Waals surface area contributed by atoms with Gasteiger partial charge in [-0.05, 0) is 37.3 Å². The summed E-state index contributed by atoms with van der Waals surface area (Å²) in [6, 6.07) is 10.2. The number of benzene rings is 2. The standard InChI is InChI=1S/C15H15FN4/c1-2-20-13-5-3-4-12(16)14(13)19-15(20)9-6-10(17)8-11(18)7-9/h3-8H,2,17-18H2,1H3. The maximum atomic E-state index is 13.9. The average Bonchev–Trinajstić information content (AvgIpc) is 2.77. The van der Waals surface area contributed by atoms with E-state index in [0.29, 0.717) is 29.3 Å². The molecule has 0 unspecified atom stereocenters. The van der Waals surface area contributed by atoms with E-state index in [1.54, 1.807) is 24.3 Å². The number of hydrogen-bond acceptors (Lipinski definition) is 3. The highest BCUT2D eigenvalue weighted by atomic mass is 19.1. The van der Waals surface area contributed by atoms with E-state index in [1.165, 1.54) is 6.07 Å². The molecule has 0 radical (unpaired) electrons. The number of aryl methyl sites for hydroxylation is 1. The summed E-state index contributed by atoms with van der Waals surface area (Å²) in [5.41, 5.74) is 14.7. The number of rotatable bonds is 2. The normalized spacial score (nSPS) is 11.1. The zero-order valence-corrected chi connectivity index (χ0v) is 11.1. The number of imidazole rings is 1. The van der Waals surface area contributed by atoms with Crippen LogP contribution in [0.4, 0.5) is 15.8 Å². The first kappa shape index (κ1) is 12.5. The van der Waals surface area contributed by atoms with Gasteiger partial charge >= 0.3 is 0 Å². The van der Waals surface area contributed by atoms with E-state index in [-0.39, 0.29) is 5.82 Å². The van der Waals surface area contributed by atoms with Gasteiger partial charge in [-0.2, -0.15) is 0 Å². The number of nitrogen functional groups attached to an aromatic ring is 2. The summed E-state index contributed by atoms with van der Waals surface area (Å²) in [5.74, 6) is 0.347. The van der Waals surface area contributed by atoms with E-state index < -0.39 is 0 Å². The van der Waals surface area contributed by atoms with E-state index in [9.17, 15) is 4.39 Å². The molecule has 2 aromatic carbocycles. The van der Waals surface area contributed by atoms with Gasteiger partial charge in [-0.3, -0.25) is 0 Å². The minimum absolute atomic E-state index is 0.326. The van der Waals surface area contributed by atoms with Crippen molar-refractivity contribution >= 4 is 22.4 Å². The Bertz CT molecular complexity index is 772. The number of para-hydroxylation sites is 1. The van der Waals surface area contributed by atoms with Crippen LogP contribution in [0.15, 0.2) is 36.4 Å². The Morgan fingerprint density at radius 1 is 1.15 bits per heavy atom. The summed E-state index contributed by atoms with van der Waals surface area (Å²) in [6.45, 7) is 2.68. The second kappa shape index (κ2) is 4.52. The third-order valence-electron chi connectivity index (χ3n) is 3.28. The van der Waals surface area contributed by atoms with Crippen molar-refractivity contribution in [1.29, 1.82) is 0 Å². The van der Waals surface area contributed by atoms with Crippen LogP contribution in [0.1, 0.15) is 6.92 Å². The SMILES string of the molecule is CCn1c(-c2cc(N)cc(N)c2)nc2c(F)cccc21. The summed E-state index contributed by atoms with van der Waals surface area (Å²) in [6.07, 6.45) is 0. The molecule has 0 bridgehead atoms. The minimum atomic E-state index is -0.326. The van der Waals surface area contributed by atoms with Crippen LogP contribution in [0.5, 0.6) is 0 Å². The molecule has 1 heterocycles. The zero-order valence-electron chi connectivity index (χ0n) is 11.1. The van der Waals surface area contributed by atoms with E-state index in [1.807, 2.05) is 17.6 Å². The van der Waals surface area contributed by atoms with Crippen LogP contribution in [0.2, 0.25) is 0 Å². The molecule has 1 aromatic heterocycles. The number of halogens is 1. The van der Waals surface area contributed by atoms with Gasteiger partial charge in [-0.15, -0.1) is 0 Å². The van der Waals surface area contributed by atoms with Crippen LogP contribution in [-0.4, -0.2) is 9.55 Å². The fourth-order valence-electron chi connectivity index (χ4n) is 2.46. The van der Waals surface area contributed by atoms with Crippen LogP contribution in [0.3, 0.4) is 0 Å². The van der Waals surface area contributed by atoms with Gasteiger partial charge in [0.15, 0.2) is 5.82 Å². The van der Waals surface area contributed by atoms with Gasteiger partial charge < -0.3 is 16.0 Å². The molecular formula is C15H15FN4. The first-order chi connectivity index (χ1) is 9.60. The molecular weight excluding hydrogens is 255 g/mol. The van der Waals surface area contributed by atoms with Gasteiger partial charge in [0.05, 0.1) is 5.52 Å². The van der Waals surface area contributed by atoms with Crippen molar-refractivity contribution in [2.24, 2.45) is 0 Å². The number of anilines is 2. The van der Waals surface area contributed by atoms with Crippen molar-refractivity contribution < 1.29 is 4.39 Å². The molecule has 0 fully saturated rings. The largest absolute Gasteiger partial charge is 0.399 e. The summed E-state index contributed by atoms with van der Waals surface area (Å²) >= 11 is 0. The number of hydrogen-bond donors (Lipinski definition) is 2. The molecule has 0 spiro atoms. The van der Waals surface area contributed by atoms with Crippen LogP contribution in [0, 0.1) is 5.82 Å². The lowest BCUT2D eigenvalue weighted by Crippen LogP contribution is -1.99. The van der Waals surface area contributed by atoms with Gasteiger partial charge in [0.1, 0.15) is 11.3 Å². The van der Waals surface area contributed by atoms with Crippen LogP contribution >= 0.6 is 0 Å². The fraction of sp³-hybridized carbons (Fsp3) is 0.133. The number of nitrogens with two attached hydrogens (primary N) is 2. The number of aromatic nitrogens is 2. The van der Waals surface area contributed by atoms with Crippen LogP contribution in [0.25, 0.3) is 22.4 Å². The van der Waals surface area contributed by atoms with Crippen molar-refractivity contribution in [3.05, 3.63) is 42.2 Å². The quantitative estimate of drug-likeness (QED) is 0.703. The highest BCUT2D eigenvalue weighted by Crippen LogP contribution is 2.28. The summed E-state index contributed by atoms with van der Waals surface area (Å²) in [7, 11) is 0. The molecule has 102 valence electrons. The monoisotopic (exact) mass is 270 g/mol. The van der Waals surface area contributed by atoms with Crippen LogP contribution < -0.4 is 11.5 Å². The van der Waals surface area contributed by atoms with Crippen molar-refractivity contribution in [1.82, 2.24) is 9.55 Å². The summed E-state index contributed by atoms with van der Waals surface area (Å²) < 4.78 is 15.8. The van der Waals surface area contributed by atoms with E-state index in [2.05, 4.69) is 4.98 Å². The fourth-order valence-corrected chi connectivity index (χ4v) is 2.46. The second-order valence-electron chi connectivity index (χ2n) is 4.68. The molecule has 3 rings (SSSR count). The van der Waals surface area contributed by atoms with Crippen molar-refractivity contribution in [3.8, 4) is 11.4 Å². The average molecular weight is 270 g/mol. The van der Waals surface area contributed by atoms with Gasteiger partial charge in [0, 0.05) is 23.5 Å². The molecule has 0 aliphatic heterocycles. The Balaban J connectivity index is 2.33. The third kappa shape index (κ3) is 1.87. The van der Waals surface area contributed by atoms with Gasteiger partial charge in [-0.1, -0.05) is 6.07 Å². The van der Waals surface area contributed by atoms with Gasteiger partial charge in [-0.25, -0.2) is 9.37 Å². The van der Waals surface area contributed by atoms with Crippen molar-refractivity contribution in [3.63, 3.8) is 0 Å². The van der Waals surface area contributed by atoms with Crippen molar-refractivity contribution in [2.45, 2.75) is 13.5 Å². The smallest absolute Gasteiger partial charge is 0.151 e. The first-order valence-electron chi connectivity index (χ1n) is 6.41. The van der Waals surface area contributed by atoms with Gasteiger partial charge in [0.2, 0.25) is 0 Å². The summed E-state index contributed by atoms with van der Waals surface area (Å²) in [4.78, 5) is 4.41. The molecule has 0 aliphatic carbocycles. The number of nitrogens with zero attached hydrogens (tertiary/aromatic N) is 2. The predicted molar refractivity (Wildman–Crippen MR) is 79.6 cm³/mol. The Kier molecular flexibility index (Phi) is 2.82. The van der Waals surface area contributed by atoms with E-state index in [0.717, 1.165) is 11.1 Å². The molecule has 0 amide bonds. The Morgan fingerprint density at radius 2 is 1.85 bits per heavy atom. The Labute approximate surface area is 115 Å². The summed E-state index contributed by atoms with van der Waals surface area (Å²) in [5, 5.41) is 0. The lowest BCUT2D eigenvalue weighted by atomic mass is 10.1. The topological polar surface area (TPSA) is 69.9 Å². The molecule has 0 saturated carbocycles. The zero-order chi connectivity index (χ0) is 14.3. The molecule has 0 atom stereocenters. The highest BCUT2D eigenvalue weighted by Gasteiger charge is 2.14. The molecule has 3 aromatic rings. The highest BCUT2D eigenvalue weighted by molar-refractivity contribution is 5.82. The maximum Gasteiger partial charge on any atom is 0.151 e. The molecule has 4 nitrogen and oxygen atoms in total. The van der Waals surface area contributed by atoms with Gasteiger partial charge in [0.25, 0.3) is 0 Å². The Morgan fingerprint density at radius 3 is 2.50 bits per heavy atom. The third-order valence-corrected chi connectivity index (χ3v) is 3.28. The minimum Gasteiger partial charge on any atom is -0.399 e. The van der Waals surface area contributed by atoms with Crippen LogP contribution in [-0.2, 0) is 6.54 Å². The van der Waals surface area contributed by atoms with E-state index >= 15 is 0 Å². The lowest BCUT2D eigenvalue weighted by Gasteiger charge is -2.07. The second-order valence-corrected chi connectivity index (χ2v) is 4.68. The van der Waals surface area contributed by atoms with Crippen molar-refractivity contribution in [2.75, 3.05) is 11.5 Å². The maximum absolute atomic E-state index is 13.9. The molecule has 20 heavy (non-hydrogen) atoms. The molecule has 0 aliphatic rings.